The van der Waals surface area contributed by atoms with Crippen LogP contribution in [-0.4, -0.2) is 62.0 Å². The van der Waals surface area contributed by atoms with Gasteiger partial charge >= 0.3 is 0 Å². The van der Waals surface area contributed by atoms with Crippen LogP contribution in [0.5, 0.6) is 0 Å². The summed E-state index contributed by atoms with van der Waals surface area (Å²) in [6.07, 6.45) is 10.3. The molecule has 1 aromatic rings. The fourth-order valence-corrected chi connectivity index (χ4v) is 4.34. The van der Waals surface area contributed by atoms with E-state index >= 15 is 0 Å². The van der Waals surface area contributed by atoms with Gasteiger partial charge in [-0.1, -0.05) is 25.3 Å². The lowest BCUT2D eigenvalue weighted by Gasteiger charge is -2.36. The Hall–Kier alpha value is -1.13. The molecule has 32 heavy (non-hydrogen) atoms. The van der Waals surface area contributed by atoms with Gasteiger partial charge in [-0.25, -0.2) is 9.98 Å². The Morgan fingerprint density at radius 3 is 2.56 bits per heavy atom. The van der Waals surface area contributed by atoms with Gasteiger partial charge in [-0.05, 0) is 51.7 Å². The summed E-state index contributed by atoms with van der Waals surface area (Å²) in [6, 6.07) is 4.22. The van der Waals surface area contributed by atoms with Crippen LogP contribution >= 0.6 is 24.0 Å². The van der Waals surface area contributed by atoms with Crippen molar-refractivity contribution in [3.63, 3.8) is 0 Å². The summed E-state index contributed by atoms with van der Waals surface area (Å²) in [5.41, 5.74) is 1.11. The van der Waals surface area contributed by atoms with Gasteiger partial charge in [0.25, 0.3) is 0 Å². The fraction of sp³-hybridized carbons (Fsp3) is 0.750. The zero-order valence-corrected chi connectivity index (χ0v) is 22.3. The van der Waals surface area contributed by atoms with E-state index in [9.17, 15) is 0 Å². The van der Waals surface area contributed by atoms with Crippen molar-refractivity contribution >= 4 is 35.8 Å². The van der Waals surface area contributed by atoms with E-state index in [1.165, 1.54) is 32.1 Å². The molecule has 0 amide bonds. The molecule has 2 atom stereocenters. The summed E-state index contributed by atoms with van der Waals surface area (Å²) in [7, 11) is 0. The third-order valence-electron chi connectivity index (χ3n) is 5.84. The minimum Gasteiger partial charge on any atom is -0.378 e. The zero-order chi connectivity index (χ0) is 21.9. The van der Waals surface area contributed by atoms with E-state index in [1.807, 2.05) is 6.20 Å². The van der Waals surface area contributed by atoms with E-state index in [0.29, 0.717) is 12.6 Å². The Balaban J connectivity index is 0.00000363. The van der Waals surface area contributed by atoms with Crippen molar-refractivity contribution in [2.75, 3.05) is 37.7 Å². The molecule has 2 fully saturated rings. The summed E-state index contributed by atoms with van der Waals surface area (Å²) in [5.74, 6) is 1.86. The van der Waals surface area contributed by atoms with Crippen molar-refractivity contribution in [1.82, 2.24) is 15.6 Å². The normalized spacial score (nSPS) is 22.3. The van der Waals surface area contributed by atoms with Gasteiger partial charge < -0.3 is 25.0 Å². The van der Waals surface area contributed by atoms with Crippen LogP contribution in [0.3, 0.4) is 0 Å². The molecule has 7 nitrogen and oxygen atoms in total. The maximum atomic E-state index is 6.01. The monoisotopic (exact) mass is 559 g/mol. The highest BCUT2D eigenvalue weighted by Gasteiger charge is 2.23. The topological polar surface area (TPSA) is 71.0 Å². The van der Waals surface area contributed by atoms with Crippen LogP contribution < -0.4 is 15.5 Å². The number of nitrogens with zero attached hydrogens (tertiary/aromatic N) is 3. The van der Waals surface area contributed by atoms with E-state index < -0.39 is 0 Å². The molecule has 2 aliphatic rings. The first-order valence-corrected chi connectivity index (χ1v) is 12.1. The Labute approximate surface area is 211 Å². The second kappa shape index (κ2) is 14.9. The van der Waals surface area contributed by atoms with Crippen LogP contribution in [0.2, 0.25) is 0 Å². The second-order valence-electron chi connectivity index (χ2n) is 8.79. The number of nitrogens with one attached hydrogen (secondary N) is 2. The SMILES string of the molecule is CCNC(=NCc1ccc(N2CC(C)OC(C)C2)nc1)NCCCOC1CCCCC1.I. The third-order valence-corrected chi connectivity index (χ3v) is 5.84. The summed E-state index contributed by atoms with van der Waals surface area (Å²) in [6.45, 7) is 11.2. The highest BCUT2D eigenvalue weighted by Crippen LogP contribution is 2.20. The molecule has 1 aliphatic carbocycles. The van der Waals surface area contributed by atoms with Crippen molar-refractivity contribution < 1.29 is 9.47 Å². The smallest absolute Gasteiger partial charge is 0.191 e. The van der Waals surface area contributed by atoms with Gasteiger partial charge in [0, 0.05) is 39.0 Å². The molecule has 2 N–H and O–H groups in total. The lowest BCUT2D eigenvalue weighted by atomic mass is 9.98. The number of guanidine groups is 1. The molecular weight excluding hydrogens is 517 g/mol. The van der Waals surface area contributed by atoms with Gasteiger partial charge in [-0.3, -0.25) is 0 Å². The first kappa shape index (κ1) is 27.1. The van der Waals surface area contributed by atoms with E-state index in [0.717, 1.165) is 56.5 Å². The van der Waals surface area contributed by atoms with Crippen LogP contribution in [0.4, 0.5) is 5.82 Å². The third kappa shape index (κ3) is 9.39. The molecular formula is C24H42IN5O2. The number of anilines is 1. The largest absolute Gasteiger partial charge is 0.378 e. The molecule has 1 saturated heterocycles. The predicted molar refractivity (Wildman–Crippen MR) is 142 cm³/mol. The number of rotatable bonds is 9. The molecule has 2 heterocycles. The quantitative estimate of drug-likeness (QED) is 0.206. The van der Waals surface area contributed by atoms with Crippen LogP contribution in [0.25, 0.3) is 0 Å². The number of hydrogen-bond acceptors (Lipinski definition) is 5. The molecule has 0 spiro atoms. The standard InChI is InChI=1S/C24H41N5O2.HI/c1-4-25-24(26-13-8-14-30-22-9-6-5-7-10-22)28-16-21-11-12-23(27-15-21)29-17-19(2)31-20(3)18-29;/h11-12,15,19-20,22H,4-10,13-14,16-18H2,1-3H3,(H2,25,26,28);1H. The number of ether oxygens (including phenoxy) is 2. The lowest BCUT2D eigenvalue weighted by molar-refractivity contribution is -0.00546. The second-order valence-corrected chi connectivity index (χ2v) is 8.79. The molecule has 0 bridgehead atoms. The maximum Gasteiger partial charge on any atom is 0.191 e. The predicted octanol–water partition coefficient (Wildman–Crippen LogP) is 4.11. The van der Waals surface area contributed by atoms with Crippen LogP contribution in [0.1, 0.15) is 64.9 Å². The van der Waals surface area contributed by atoms with E-state index in [1.54, 1.807) is 0 Å². The minimum atomic E-state index is 0. The van der Waals surface area contributed by atoms with Crippen LogP contribution in [-0.2, 0) is 16.0 Å². The average Bonchev–Trinajstić information content (AvgIpc) is 2.77. The number of pyridine rings is 1. The summed E-state index contributed by atoms with van der Waals surface area (Å²) >= 11 is 0. The molecule has 0 radical (unpaired) electrons. The first-order chi connectivity index (χ1) is 15.1. The number of morpholine rings is 1. The molecule has 0 aromatic carbocycles. The molecule has 1 aromatic heterocycles. The average molecular weight is 560 g/mol. The Morgan fingerprint density at radius 1 is 1.16 bits per heavy atom. The van der Waals surface area contributed by atoms with E-state index in [4.69, 9.17) is 14.5 Å². The van der Waals surface area contributed by atoms with Gasteiger partial charge in [-0.15, -0.1) is 24.0 Å². The minimum absolute atomic E-state index is 0. The Kier molecular flexibility index (Phi) is 12.6. The van der Waals surface area contributed by atoms with E-state index in [-0.39, 0.29) is 36.2 Å². The molecule has 182 valence electrons. The lowest BCUT2D eigenvalue weighted by Crippen LogP contribution is -2.45. The fourth-order valence-electron chi connectivity index (χ4n) is 4.34. The number of aromatic nitrogens is 1. The summed E-state index contributed by atoms with van der Waals surface area (Å²) in [5, 5.41) is 6.74. The van der Waals surface area contributed by atoms with Gasteiger partial charge in [0.05, 0.1) is 24.9 Å². The molecule has 8 heteroatoms. The van der Waals surface area contributed by atoms with Crippen molar-refractivity contribution in [3.05, 3.63) is 23.9 Å². The van der Waals surface area contributed by atoms with Crippen molar-refractivity contribution in [1.29, 1.82) is 0 Å². The number of hydrogen-bond donors (Lipinski definition) is 2. The summed E-state index contributed by atoms with van der Waals surface area (Å²) < 4.78 is 11.8. The van der Waals surface area contributed by atoms with E-state index in [2.05, 4.69) is 53.4 Å². The molecule has 1 aliphatic heterocycles. The van der Waals surface area contributed by atoms with Gasteiger partial charge in [-0.2, -0.15) is 0 Å². The van der Waals surface area contributed by atoms with Gasteiger partial charge in [0.15, 0.2) is 5.96 Å². The van der Waals surface area contributed by atoms with Crippen molar-refractivity contribution in [2.24, 2.45) is 4.99 Å². The Morgan fingerprint density at radius 2 is 1.91 bits per heavy atom. The molecule has 2 unspecified atom stereocenters. The first-order valence-electron chi connectivity index (χ1n) is 12.1. The number of halogens is 1. The zero-order valence-electron chi connectivity index (χ0n) is 20.0. The van der Waals surface area contributed by atoms with Crippen molar-refractivity contribution in [3.8, 4) is 0 Å². The highest BCUT2D eigenvalue weighted by atomic mass is 127. The van der Waals surface area contributed by atoms with Crippen LogP contribution in [0, 0.1) is 0 Å². The number of aliphatic imine (C=N–C) groups is 1. The van der Waals surface area contributed by atoms with Gasteiger partial charge in [0.2, 0.25) is 0 Å². The van der Waals surface area contributed by atoms with Crippen LogP contribution in [0.15, 0.2) is 23.3 Å². The van der Waals surface area contributed by atoms with Crippen molar-refractivity contribution in [2.45, 2.75) is 84.2 Å². The molecule has 3 rings (SSSR count). The van der Waals surface area contributed by atoms with Gasteiger partial charge in [0.1, 0.15) is 5.82 Å². The highest BCUT2D eigenvalue weighted by molar-refractivity contribution is 14.0. The molecule has 1 saturated carbocycles. The maximum absolute atomic E-state index is 6.01. The Bertz CT molecular complexity index is 657. The summed E-state index contributed by atoms with van der Waals surface area (Å²) in [4.78, 5) is 11.7.